The Bertz CT molecular complexity index is 165. The van der Waals surface area contributed by atoms with E-state index in [4.69, 9.17) is 23.7 Å². The van der Waals surface area contributed by atoms with Gasteiger partial charge in [0.15, 0.2) is 0 Å². The quantitative estimate of drug-likeness (QED) is 0.488. The molecule has 0 aliphatic heterocycles. The molecule has 0 spiro atoms. The lowest BCUT2D eigenvalue weighted by Gasteiger charge is -2.14. The number of rotatable bonds is 8. The summed E-state index contributed by atoms with van der Waals surface area (Å²) in [5.74, 6) is 0. The largest absolute Gasteiger partial charge is 0.382 e. The predicted molar refractivity (Wildman–Crippen MR) is 51.2 cm³/mol. The molecule has 0 heterocycles. The maximum atomic E-state index is 7.48. The SMILES string of the molecule is COCCOCCOP(C)(=N)OC. The van der Waals surface area contributed by atoms with Crippen LogP contribution in [0.25, 0.3) is 0 Å². The molecule has 0 aromatic heterocycles. The molecule has 5 nitrogen and oxygen atoms in total. The molecule has 0 aliphatic carbocycles. The van der Waals surface area contributed by atoms with Crippen molar-refractivity contribution in [1.29, 1.82) is 5.16 Å². The lowest BCUT2D eigenvalue weighted by atomic mass is 10.7. The molecule has 0 aromatic carbocycles. The van der Waals surface area contributed by atoms with E-state index < -0.39 is 7.51 Å². The van der Waals surface area contributed by atoms with Crippen molar-refractivity contribution < 1.29 is 18.5 Å². The second-order valence-corrected chi connectivity index (χ2v) is 4.78. The van der Waals surface area contributed by atoms with E-state index in [0.29, 0.717) is 26.4 Å². The Labute approximate surface area is 79.3 Å². The monoisotopic (exact) mass is 211 g/mol. The minimum Gasteiger partial charge on any atom is -0.382 e. The molecule has 0 aromatic rings. The molecule has 0 aliphatic rings. The van der Waals surface area contributed by atoms with Crippen LogP contribution < -0.4 is 0 Å². The van der Waals surface area contributed by atoms with Crippen molar-refractivity contribution in [3.8, 4) is 0 Å². The third-order valence-corrected chi connectivity index (χ3v) is 2.72. The lowest BCUT2D eigenvalue weighted by Crippen LogP contribution is -2.07. The summed E-state index contributed by atoms with van der Waals surface area (Å²) in [6, 6.07) is 0. The minimum atomic E-state index is -2.34. The summed E-state index contributed by atoms with van der Waals surface area (Å²) in [7, 11) is 0.761. The Morgan fingerprint density at radius 3 is 2.23 bits per heavy atom. The van der Waals surface area contributed by atoms with Crippen LogP contribution in [0, 0.1) is 5.16 Å². The smallest absolute Gasteiger partial charge is 0.206 e. The molecule has 1 atom stereocenters. The van der Waals surface area contributed by atoms with E-state index in [1.54, 1.807) is 13.8 Å². The summed E-state index contributed by atoms with van der Waals surface area (Å²) in [6.07, 6.45) is 0. The molecule has 6 heteroatoms. The Hall–Kier alpha value is 0.0700. The summed E-state index contributed by atoms with van der Waals surface area (Å²) in [5, 5.41) is 7.48. The van der Waals surface area contributed by atoms with Crippen molar-refractivity contribution in [3.63, 3.8) is 0 Å². The van der Waals surface area contributed by atoms with Gasteiger partial charge in [-0.15, -0.1) is 0 Å². The van der Waals surface area contributed by atoms with E-state index in [1.807, 2.05) is 0 Å². The highest BCUT2D eigenvalue weighted by molar-refractivity contribution is 7.54. The molecule has 0 saturated heterocycles. The van der Waals surface area contributed by atoms with E-state index in [2.05, 4.69) is 0 Å². The number of nitrogens with one attached hydrogen (secondary N) is 1. The third-order valence-electron chi connectivity index (χ3n) is 1.35. The van der Waals surface area contributed by atoms with E-state index >= 15 is 0 Å². The maximum absolute atomic E-state index is 7.48. The van der Waals surface area contributed by atoms with Gasteiger partial charge in [-0.1, -0.05) is 0 Å². The summed E-state index contributed by atoms with van der Waals surface area (Å²) >= 11 is 0. The molecular weight excluding hydrogens is 193 g/mol. The zero-order chi connectivity index (χ0) is 10.2. The number of methoxy groups -OCH3 is 1. The van der Waals surface area contributed by atoms with Crippen LogP contribution in [0.1, 0.15) is 0 Å². The van der Waals surface area contributed by atoms with Crippen molar-refractivity contribution in [2.45, 2.75) is 0 Å². The van der Waals surface area contributed by atoms with Crippen LogP contribution >= 0.6 is 7.51 Å². The minimum absolute atomic E-state index is 0.394. The first-order valence-electron chi connectivity index (χ1n) is 4.01. The Balaban J connectivity index is 3.21. The van der Waals surface area contributed by atoms with Gasteiger partial charge in [0.25, 0.3) is 0 Å². The van der Waals surface area contributed by atoms with Gasteiger partial charge >= 0.3 is 0 Å². The summed E-state index contributed by atoms with van der Waals surface area (Å²) < 4.78 is 19.9. The maximum Gasteiger partial charge on any atom is 0.206 e. The normalized spacial score (nSPS) is 15.6. The van der Waals surface area contributed by atoms with E-state index in [-0.39, 0.29) is 0 Å². The van der Waals surface area contributed by atoms with Crippen LogP contribution in [0.3, 0.4) is 0 Å². The van der Waals surface area contributed by atoms with Gasteiger partial charge < -0.3 is 18.5 Å². The van der Waals surface area contributed by atoms with Crippen LogP contribution in [0.15, 0.2) is 0 Å². The van der Waals surface area contributed by atoms with Gasteiger partial charge in [0.1, 0.15) is 0 Å². The number of ether oxygens (including phenoxy) is 2. The zero-order valence-electron chi connectivity index (χ0n) is 8.41. The van der Waals surface area contributed by atoms with Gasteiger partial charge in [-0.2, -0.15) is 0 Å². The highest BCUT2D eigenvalue weighted by Gasteiger charge is 2.07. The van der Waals surface area contributed by atoms with Crippen LogP contribution in [0.4, 0.5) is 0 Å². The molecule has 0 saturated carbocycles. The topological polar surface area (TPSA) is 60.8 Å². The molecule has 1 N–H and O–H groups in total. The standard InChI is InChI=1S/C7H18NO4P/c1-9-4-5-11-6-7-12-13(3,8)10-2/h8H,4-7H2,1-3H3. The van der Waals surface area contributed by atoms with Gasteiger partial charge in [0.05, 0.1) is 26.4 Å². The second-order valence-electron chi connectivity index (χ2n) is 2.47. The van der Waals surface area contributed by atoms with Crippen LogP contribution in [0.5, 0.6) is 0 Å². The fraction of sp³-hybridized carbons (Fsp3) is 1.00. The molecule has 0 rings (SSSR count). The predicted octanol–water partition coefficient (Wildman–Crippen LogP) is 1.55. The average Bonchev–Trinajstić information content (AvgIpc) is 2.11. The fourth-order valence-electron chi connectivity index (χ4n) is 0.567. The van der Waals surface area contributed by atoms with Crippen molar-refractivity contribution in [2.75, 3.05) is 47.3 Å². The first kappa shape index (κ1) is 13.1. The average molecular weight is 211 g/mol. The highest BCUT2D eigenvalue weighted by Crippen LogP contribution is 2.43. The molecule has 0 amide bonds. The van der Waals surface area contributed by atoms with Gasteiger partial charge in [-0.05, 0) is 0 Å². The summed E-state index contributed by atoms with van der Waals surface area (Å²) in [5.41, 5.74) is 0. The van der Waals surface area contributed by atoms with Gasteiger partial charge in [-0.3, -0.25) is 5.16 Å². The van der Waals surface area contributed by atoms with E-state index in [0.717, 1.165) is 0 Å². The van der Waals surface area contributed by atoms with Gasteiger partial charge in [0.2, 0.25) is 7.51 Å². The van der Waals surface area contributed by atoms with Crippen molar-refractivity contribution in [1.82, 2.24) is 0 Å². The third kappa shape index (κ3) is 8.40. The molecule has 80 valence electrons. The van der Waals surface area contributed by atoms with Crippen LogP contribution in [-0.2, 0) is 18.5 Å². The summed E-state index contributed by atoms with van der Waals surface area (Å²) in [4.78, 5) is 0. The molecule has 0 radical (unpaired) electrons. The molecule has 13 heavy (non-hydrogen) atoms. The molecular formula is C7H18NO4P. The fourth-order valence-corrected chi connectivity index (χ4v) is 1.10. The summed E-state index contributed by atoms with van der Waals surface area (Å²) in [6.45, 7) is 3.65. The Kier molecular flexibility index (Phi) is 7.51. The molecule has 1 unspecified atom stereocenters. The Morgan fingerprint density at radius 2 is 1.69 bits per heavy atom. The number of hydrogen-bond donors (Lipinski definition) is 1. The zero-order valence-corrected chi connectivity index (χ0v) is 9.30. The van der Waals surface area contributed by atoms with Crippen LogP contribution in [-0.4, -0.2) is 47.3 Å². The Morgan fingerprint density at radius 1 is 1.08 bits per heavy atom. The lowest BCUT2D eigenvalue weighted by molar-refractivity contribution is 0.0536. The van der Waals surface area contributed by atoms with Crippen molar-refractivity contribution in [3.05, 3.63) is 0 Å². The molecule has 0 fully saturated rings. The van der Waals surface area contributed by atoms with Crippen LogP contribution in [0.2, 0.25) is 0 Å². The van der Waals surface area contributed by atoms with Crippen molar-refractivity contribution >= 4 is 7.51 Å². The van der Waals surface area contributed by atoms with Gasteiger partial charge in [0, 0.05) is 20.9 Å². The van der Waals surface area contributed by atoms with E-state index in [9.17, 15) is 0 Å². The van der Waals surface area contributed by atoms with Gasteiger partial charge in [-0.25, -0.2) is 0 Å². The van der Waals surface area contributed by atoms with Crippen molar-refractivity contribution in [2.24, 2.45) is 0 Å². The highest BCUT2D eigenvalue weighted by atomic mass is 31.2. The second kappa shape index (κ2) is 7.47. The first-order chi connectivity index (χ1) is 6.12. The first-order valence-corrected chi connectivity index (χ1v) is 6.08. The number of hydrogen-bond acceptors (Lipinski definition) is 5. The van der Waals surface area contributed by atoms with E-state index in [1.165, 1.54) is 7.11 Å². The molecule has 0 bridgehead atoms.